The minimum absolute atomic E-state index is 0.0150. The van der Waals surface area contributed by atoms with E-state index in [9.17, 15) is 9.59 Å². The Labute approximate surface area is 177 Å². The summed E-state index contributed by atoms with van der Waals surface area (Å²) in [6.07, 6.45) is 3.68. The molecule has 0 aliphatic carbocycles. The van der Waals surface area contributed by atoms with Crippen molar-refractivity contribution in [1.29, 1.82) is 0 Å². The molecule has 6 heteroatoms. The van der Waals surface area contributed by atoms with Crippen LogP contribution in [0.4, 0.5) is 0 Å². The Morgan fingerprint density at radius 2 is 1.93 bits per heavy atom. The van der Waals surface area contributed by atoms with Crippen molar-refractivity contribution in [3.63, 3.8) is 0 Å². The lowest BCUT2D eigenvalue weighted by atomic mass is 9.99. The molecule has 29 heavy (non-hydrogen) atoms. The van der Waals surface area contributed by atoms with Crippen LogP contribution in [0.1, 0.15) is 54.1 Å². The number of thiophene rings is 1. The van der Waals surface area contributed by atoms with Crippen LogP contribution in [0.3, 0.4) is 0 Å². The number of nitrogens with one attached hydrogen (secondary N) is 2. The first kappa shape index (κ1) is 21.5. The number of likely N-dealkylation sites (tertiary alicyclic amines) is 1. The van der Waals surface area contributed by atoms with E-state index in [2.05, 4.69) is 46.7 Å². The van der Waals surface area contributed by atoms with Crippen LogP contribution in [0.25, 0.3) is 0 Å². The van der Waals surface area contributed by atoms with E-state index in [1.54, 1.807) is 6.07 Å². The van der Waals surface area contributed by atoms with Crippen LogP contribution in [0, 0.1) is 5.92 Å². The molecule has 2 N–H and O–H groups in total. The maximum absolute atomic E-state index is 12.0. The summed E-state index contributed by atoms with van der Waals surface area (Å²) in [5, 5.41) is 9.50. The highest BCUT2D eigenvalue weighted by Crippen LogP contribution is 2.18. The Morgan fingerprint density at radius 3 is 2.66 bits per heavy atom. The van der Waals surface area contributed by atoms with Gasteiger partial charge in [0.15, 0.2) is 0 Å². The van der Waals surface area contributed by atoms with Crippen molar-refractivity contribution in [2.24, 2.45) is 5.92 Å². The predicted octanol–water partition coefficient (Wildman–Crippen LogP) is 3.81. The standard InChI is InChI=1S/C23H31N3O2S/c1-18-4-3-12-26(15-18)16-20-8-6-19(7-9-20)14-25-22(27)5-2-11-24-23(28)21-10-13-29-17-21/h6-10,13,17-18H,2-5,11-12,14-16H2,1H3,(H,24,28)(H,25,27). The number of benzene rings is 1. The molecule has 2 aromatic rings. The van der Waals surface area contributed by atoms with E-state index >= 15 is 0 Å². The number of rotatable bonds is 9. The molecule has 5 nitrogen and oxygen atoms in total. The van der Waals surface area contributed by atoms with E-state index in [0.717, 1.165) is 18.0 Å². The summed E-state index contributed by atoms with van der Waals surface area (Å²) in [4.78, 5) is 26.4. The second-order valence-corrected chi connectivity index (χ2v) is 8.73. The minimum atomic E-state index is -0.0780. The van der Waals surface area contributed by atoms with E-state index in [1.807, 2.05) is 10.8 Å². The van der Waals surface area contributed by atoms with Crippen molar-refractivity contribution in [1.82, 2.24) is 15.5 Å². The summed E-state index contributed by atoms with van der Waals surface area (Å²) in [6, 6.07) is 10.3. The van der Waals surface area contributed by atoms with Gasteiger partial charge in [-0.2, -0.15) is 11.3 Å². The molecule has 0 spiro atoms. The number of hydrogen-bond acceptors (Lipinski definition) is 4. The van der Waals surface area contributed by atoms with Crippen LogP contribution >= 0.6 is 11.3 Å². The van der Waals surface area contributed by atoms with Gasteiger partial charge in [0.2, 0.25) is 5.91 Å². The van der Waals surface area contributed by atoms with Gasteiger partial charge >= 0.3 is 0 Å². The lowest BCUT2D eigenvalue weighted by Crippen LogP contribution is -2.33. The summed E-state index contributed by atoms with van der Waals surface area (Å²) in [5.41, 5.74) is 3.12. The molecule has 1 fully saturated rings. The number of piperidine rings is 1. The minimum Gasteiger partial charge on any atom is -0.352 e. The summed E-state index contributed by atoms with van der Waals surface area (Å²) >= 11 is 1.50. The smallest absolute Gasteiger partial charge is 0.252 e. The Balaban J connectivity index is 1.31. The zero-order chi connectivity index (χ0) is 20.5. The normalized spacial score (nSPS) is 17.1. The molecule has 0 radical (unpaired) electrons. The van der Waals surface area contributed by atoms with Crippen molar-refractivity contribution in [2.45, 2.75) is 45.7 Å². The van der Waals surface area contributed by atoms with Crippen LogP contribution in [0.5, 0.6) is 0 Å². The van der Waals surface area contributed by atoms with Gasteiger partial charge in [-0.25, -0.2) is 0 Å². The second-order valence-electron chi connectivity index (χ2n) is 7.95. The molecule has 1 aliphatic rings. The molecule has 1 saturated heterocycles. The monoisotopic (exact) mass is 413 g/mol. The highest BCUT2D eigenvalue weighted by atomic mass is 32.1. The Hall–Kier alpha value is -2.18. The molecule has 1 aromatic heterocycles. The van der Waals surface area contributed by atoms with Crippen LogP contribution in [0.15, 0.2) is 41.1 Å². The van der Waals surface area contributed by atoms with Crippen molar-refractivity contribution in [2.75, 3.05) is 19.6 Å². The molecule has 1 unspecified atom stereocenters. The lowest BCUT2D eigenvalue weighted by molar-refractivity contribution is -0.121. The topological polar surface area (TPSA) is 61.4 Å². The van der Waals surface area contributed by atoms with Crippen LogP contribution in [0.2, 0.25) is 0 Å². The van der Waals surface area contributed by atoms with E-state index in [1.165, 1.54) is 42.8 Å². The van der Waals surface area contributed by atoms with Crippen molar-refractivity contribution in [3.8, 4) is 0 Å². The molecule has 2 heterocycles. The SMILES string of the molecule is CC1CCCN(Cc2ccc(CNC(=O)CCCNC(=O)c3ccsc3)cc2)C1. The van der Waals surface area contributed by atoms with E-state index in [0.29, 0.717) is 31.5 Å². The second kappa shape index (κ2) is 11.1. The molecule has 1 aromatic carbocycles. The van der Waals surface area contributed by atoms with E-state index in [4.69, 9.17) is 0 Å². The summed E-state index contributed by atoms with van der Waals surface area (Å²) in [6.45, 7) is 6.76. The summed E-state index contributed by atoms with van der Waals surface area (Å²) in [7, 11) is 0. The zero-order valence-electron chi connectivity index (χ0n) is 17.2. The van der Waals surface area contributed by atoms with Gasteiger partial charge in [0.05, 0.1) is 0 Å². The Kier molecular flexibility index (Phi) is 8.25. The van der Waals surface area contributed by atoms with Crippen LogP contribution in [-0.2, 0) is 17.9 Å². The third-order valence-electron chi connectivity index (χ3n) is 5.31. The zero-order valence-corrected chi connectivity index (χ0v) is 18.0. The fraction of sp³-hybridized carbons (Fsp3) is 0.478. The summed E-state index contributed by atoms with van der Waals surface area (Å²) in [5.74, 6) is 0.731. The van der Waals surface area contributed by atoms with Gasteiger partial charge in [-0.1, -0.05) is 31.2 Å². The number of amides is 2. The van der Waals surface area contributed by atoms with Crippen molar-refractivity contribution in [3.05, 3.63) is 57.8 Å². The molecular formula is C23H31N3O2S. The number of carbonyl (C=O) groups excluding carboxylic acids is 2. The van der Waals surface area contributed by atoms with Crippen LogP contribution in [-0.4, -0.2) is 36.3 Å². The molecule has 3 rings (SSSR count). The van der Waals surface area contributed by atoms with Crippen molar-refractivity contribution < 1.29 is 9.59 Å². The quantitative estimate of drug-likeness (QED) is 0.615. The number of carbonyl (C=O) groups is 2. The van der Waals surface area contributed by atoms with E-state index < -0.39 is 0 Å². The number of nitrogens with zero attached hydrogens (tertiary/aromatic N) is 1. The Morgan fingerprint density at radius 1 is 1.14 bits per heavy atom. The van der Waals surface area contributed by atoms with Gasteiger partial charge in [0, 0.05) is 43.5 Å². The first-order chi connectivity index (χ1) is 14.1. The molecule has 1 aliphatic heterocycles. The maximum atomic E-state index is 12.0. The van der Waals surface area contributed by atoms with Gasteiger partial charge in [0.1, 0.15) is 0 Å². The van der Waals surface area contributed by atoms with Crippen molar-refractivity contribution >= 4 is 23.2 Å². The Bertz CT molecular complexity index is 774. The third-order valence-corrected chi connectivity index (χ3v) is 5.99. The fourth-order valence-corrected chi connectivity index (χ4v) is 4.32. The lowest BCUT2D eigenvalue weighted by Gasteiger charge is -2.30. The molecule has 0 bridgehead atoms. The molecular weight excluding hydrogens is 382 g/mol. The average molecular weight is 414 g/mol. The first-order valence-corrected chi connectivity index (χ1v) is 11.4. The highest BCUT2D eigenvalue weighted by Gasteiger charge is 2.16. The molecule has 156 valence electrons. The third kappa shape index (κ3) is 7.29. The van der Waals surface area contributed by atoms with Gasteiger partial charge in [0.25, 0.3) is 5.91 Å². The van der Waals surface area contributed by atoms with Gasteiger partial charge in [-0.3, -0.25) is 14.5 Å². The van der Waals surface area contributed by atoms with Gasteiger partial charge in [-0.05, 0) is 54.3 Å². The highest BCUT2D eigenvalue weighted by molar-refractivity contribution is 7.08. The van der Waals surface area contributed by atoms with Gasteiger partial charge < -0.3 is 10.6 Å². The first-order valence-electron chi connectivity index (χ1n) is 10.5. The maximum Gasteiger partial charge on any atom is 0.252 e. The van der Waals surface area contributed by atoms with E-state index in [-0.39, 0.29) is 11.8 Å². The number of hydrogen-bond donors (Lipinski definition) is 2. The molecule has 0 saturated carbocycles. The van der Waals surface area contributed by atoms with Crippen LogP contribution < -0.4 is 10.6 Å². The summed E-state index contributed by atoms with van der Waals surface area (Å²) < 4.78 is 0. The molecule has 2 amide bonds. The fourth-order valence-electron chi connectivity index (χ4n) is 3.69. The molecule has 1 atom stereocenters. The predicted molar refractivity (Wildman–Crippen MR) is 118 cm³/mol. The average Bonchev–Trinajstić information content (AvgIpc) is 3.26. The largest absolute Gasteiger partial charge is 0.352 e. The van der Waals surface area contributed by atoms with Gasteiger partial charge in [-0.15, -0.1) is 0 Å².